The molecule has 156 valence electrons. The van der Waals surface area contributed by atoms with Gasteiger partial charge in [-0.1, -0.05) is 36.9 Å². The Kier molecular flexibility index (Phi) is 7.54. The number of nitrogens with one attached hydrogen (secondary N) is 1. The molecule has 0 bridgehead atoms. The molecule has 0 aliphatic rings. The lowest BCUT2D eigenvalue weighted by atomic mass is 10.0. The molecule has 0 heterocycles. The molecular formula is C22H18F3NO3S. The van der Waals surface area contributed by atoms with E-state index in [0.29, 0.717) is 28.1 Å². The fourth-order valence-electron chi connectivity index (χ4n) is 2.70. The molecule has 3 aromatic carbocycles. The average Bonchev–Trinajstić information content (AvgIpc) is 2.74. The number of hydrogen-bond acceptors (Lipinski definition) is 5. The summed E-state index contributed by atoms with van der Waals surface area (Å²) in [6, 6.07) is 17.2. The van der Waals surface area contributed by atoms with Crippen LogP contribution >= 0.6 is 0 Å². The van der Waals surface area contributed by atoms with Crippen molar-refractivity contribution in [1.82, 2.24) is 0 Å². The first-order chi connectivity index (χ1) is 14.2. The second-order valence-corrected chi connectivity index (χ2v) is 6.28. The van der Waals surface area contributed by atoms with E-state index in [1.807, 2.05) is 6.92 Å². The number of halogens is 3. The van der Waals surface area contributed by atoms with Crippen LogP contribution in [0.3, 0.4) is 0 Å². The van der Waals surface area contributed by atoms with Crippen LogP contribution in [0.1, 0.15) is 16.7 Å². The molecule has 0 unspecified atom stereocenters. The maximum atomic E-state index is 12.9. The van der Waals surface area contributed by atoms with Gasteiger partial charge in [-0.25, -0.2) is 5.48 Å². The van der Waals surface area contributed by atoms with Gasteiger partial charge >= 0.3 is 6.18 Å². The van der Waals surface area contributed by atoms with Gasteiger partial charge in [-0.05, 0) is 60.0 Å². The number of aliphatic hydroxyl groups excluding tert-OH is 1. The summed E-state index contributed by atoms with van der Waals surface area (Å²) in [6.07, 6.45) is -4.38. The second kappa shape index (κ2) is 9.89. The van der Waals surface area contributed by atoms with Gasteiger partial charge in [0.15, 0.2) is 18.3 Å². The molecule has 3 rings (SSSR count). The van der Waals surface area contributed by atoms with Gasteiger partial charge in [0.1, 0.15) is 5.76 Å². The van der Waals surface area contributed by atoms with E-state index in [0.717, 1.165) is 17.7 Å². The molecule has 0 saturated carbocycles. The normalized spacial score (nSPS) is 10.5. The molecule has 0 aliphatic heterocycles. The number of aryl methyl sites for hydroxylation is 1. The summed E-state index contributed by atoms with van der Waals surface area (Å²) in [6.45, 7) is 5.36. The van der Waals surface area contributed by atoms with Gasteiger partial charge in [-0.3, -0.25) is 0 Å². The zero-order valence-corrected chi connectivity index (χ0v) is 16.7. The zero-order valence-electron chi connectivity index (χ0n) is 15.9. The van der Waals surface area contributed by atoms with Crippen molar-refractivity contribution in [2.45, 2.75) is 13.1 Å². The summed E-state index contributed by atoms with van der Waals surface area (Å²) in [5, 5.41) is 9.58. The highest BCUT2D eigenvalue weighted by molar-refractivity contribution is 7.44. The van der Waals surface area contributed by atoms with Crippen LogP contribution in [0.25, 0.3) is 16.9 Å². The molecule has 0 atom stereocenters. The summed E-state index contributed by atoms with van der Waals surface area (Å²) in [7, 11) is 0. The first-order valence-electron chi connectivity index (χ1n) is 8.60. The Morgan fingerprint density at radius 2 is 1.67 bits per heavy atom. The highest BCUT2D eigenvalue weighted by atomic mass is 32.1. The van der Waals surface area contributed by atoms with E-state index in [-0.39, 0.29) is 5.76 Å². The Morgan fingerprint density at radius 1 is 1.00 bits per heavy atom. The van der Waals surface area contributed by atoms with Crippen LogP contribution in [-0.2, 0) is 18.7 Å². The molecule has 2 N–H and O–H groups in total. The Balaban J connectivity index is 0.00000155. The van der Waals surface area contributed by atoms with E-state index in [1.165, 1.54) is 6.07 Å². The predicted octanol–water partition coefficient (Wildman–Crippen LogP) is 6.28. The average molecular weight is 433 g/mol. The Morgan fingerprint density at radius 3 is 2.27 bits per heavy atom. The van der Waals surface area contributed by atoms with Gasteiger partial charge in [0.05, 0.1) is 11.3 Å². The number of aliphatic hydroxyl groups is 1. The van der Waals surface area contributed by atoms with Gasteiger partial charge < -0.3 is 9.94 Å². The molecular weight excluding hydrogens is 415 g/mol. The SMILES string of the molecule is C=C(O)c1cc(ONc2ccc(-c3cccc(C(F)(F)F)c3)cc2)ccc1C.O=S. The van der Waals surface area contributed by atoms with Crippen LogP contribution < -0.4 is 10.3 Å². The minimum Gasteiger partial charge on any atom is -0.508 e. The first-order valence-corrected chi connectivity index (χ1v) is 8.93. The summed E-state index contributed by atoms with van der Waals surface area (Å²) >= 11 is 2.83. The lowest BCUT2D eigenvalue weighted by Gasteiger charge is -2.12. The Hall–Kier alpha value is -3.39. The molecule has 8 heteroatoms. The lowest BCUT2D eigenvalue weighted by molar-refractivity contribution is -0.137. The van der Waals surface area contributed by atoms with Crippen LogP contribution in [0, 0.1) is 6.92 Å². The molecule has 0 spiro atoms. The Labute approximate surface area is 177 Å². The minimum absolute atomic E-state index is 0.0478. The molecule has 0 fully saturated rings. The summed E-state index contributed by atoms with van der Waals surface area (Å²) in [5.41, 5.74) is 5.30. The predicted molar refractivity (Wildman–Crippen MR) is 112 cm³/mol. The van der Waals surface area contributed by atoms with Crippen molar-refractivity contribution < 1.29 is 27.3 Å². The highest BCUT2D eigenvalue weighted by Crippen LogP contribution is 2.32. The van der Waals surface area contributed by atoms with E-state index >= 15 is 0 Å². The van der Waals surface area contributed by atoms with Gasteiger partial charge in [-0.15, -0.1) is 0 Å². The van der Waals surface area contributed by atoms with E-state index in [2.05, 4.69) is 24.6 Å². The maximum Gasteiger partial charge on any atom is 0.416 e. The molecule has 0 amide bonds. The molecule has 4 nitrogen and oxygen atoms in total. The van der Waals surface area contributed by atoms with Crippen LogP contribution in [0.4, 0.5) is 18.9 Å². The van der Waals surface area contributed by atoms with Crippen molar-refractivity contribution in [3.63, 3.8) is 0 Å². The zero-order chi connectivity index (χ0) is 22.3. The minimum atomic E-state index is -4.38. The van der Waals surface area contributed by atoms with Gasteiger partial charge in [0, 0.05) is 5.56 Å². The van der Waals surface area contributed by atoms with E-state index in [1.54, 1.807) is 48.5 Å². The van der Waals surface area contributed by atoms with Crippen LogP contribution in [0.2, 0.25) is 0 Å². The molecule has 3 aromatic rings. The van der Waals surface area contributed by atoms with Crippen LogP contribution in [0.5, 0.6) is 5.75 Å². The number of rotatable bonds is 5. The standard InChI is InChI=1S/C22H18F3NO2.OS/c1-14-6-11-20(13-21(14)15(2)27)28-26-19-9-7-16(8-10-19)17-4-3-5-18(12-17)22(23,24)25;1-2/h3-13,26-27H,2H2,1H3;. The van der Waals surface area contributed by atoms with Crippen molar-refractivity contribution >= 4 is 24.0 Å². The quantitative estimate of drug-likeness (QED) is 0.366. The van der Waals surface area contributed by atoms with Crippen molar-refractivity contribution in [3.05, 3.63) is 90.0 Å². The van der Waals surface area contributed by atoms with Crippen LogP contribution in [-0.4, -0.2) is 9.32 Å². The molecule has 0 aromatic heterocycles. The topological polar surface area (TPSA) is 58.6 Å². The lowest BCUT2D eigenvalue weighted by Crippen LogP contribution is -2.05. The number of alkyl halides is 3. The maximum absolute atomic E-state index is 12.9. The fourth-order valence-corrected chi connectivity index (χ4v) is 2.70. The van der Waals surface area contributed by atoms with Crippen LogP contribution in [0.15, 0.2) is 73.3 Å². The largest absolute Gasteiger partial charge is 0.508 e. The first kappa shape index (κ1) is 22.9. The number of benzene rings is 3. The third-order valence-electron chi connectivity index (χ3n) is 4.21. The summed E-state index contributed by atoms with van der Waals surface area (Å²) in [4.78, 5) is 5.50. The van der Waals surface area contributed by atoms with Crippen molar-refractivity contribution in [3.8, 4) is 16.9 Å². The monoisotopic (exact) mass is 433 g/mol. The van der Waals surface area contributed by atoms with Crippen molar-refractivity contribution in [1.29, 1.82) is 0 Å². The van der Waals surface area contributed by atoms with Gasteiger partial charge in [0.2, 0.25) is 0 Å². The second-order valence-electron chi connectivity index (χ2n) is 6.28. The van der Waals surface area contributed by atoms with Gasteiger partial charge in [0.25, 0.3) is 0 Å². The van der Waals surface area contributed by atoms with Gasteiger partial charge in [-0.2, -0.15) is 17.4 Å². The van der Waals surface area contributed by atoms with E-state index in [9.17, 15) is 18.3 Å². The smallest absolute Gasteiger partial charge is 0.416 e. The van der Waals surface area contributed by atoms with E-state index in [4.69, 9.17) is 9.05 Å². The fraction of sp³-hybridized carbons (Fsp3) is 0.0909. The third kappa shape index (κ3) is 5.81. The molecule has 0 radical (unpaired) electrons. The molecule has 0 aliphatic carbocycles. The molecule has 30 heavy (non-hydrogen) atoms. The summed E-state index contributed by atoms with van der Waals surface area (Å²) in [5.74, 6) is 0.436. The van der Waals surface area contributed by atoms with Crippen molar-refractivity contribution in [2.24, 2.45) is 0 Å². The Bertz CT molecular complexity index is 1020. The highest BCUT2D eigenvalue weighted by Gasteiger charge is 2.30. The van der Waals surface area contributed by atoms with Crippen molar-refractivity contribution in [2.75, 3.05) is 5.48 Å². The number of anilines is 1. The van der Waals surface area contributed by atoms with E-state index < -0.39 is 11.7 Å². The summed E-state index contributed by atoms with van der Waals surface area (Å²) < 4.78 is 46.4. The third-order valence-corrected chi connectivity index (χ3v) is 4.21. The number of hydrogen-bond donors (Lipinski definition) is 2. The molecule has 0 saturated heterocycles.